The molecule has 0 N–H and O–H groups in total. The monoisotopic (exact) mass is 261 g/mol. The Morgan fingerprint density at radius 1 is 1.39 bits per heavy atom. The van der Waals surface area contributed by atoms with Gasteiger partial charge in [0.2, 0.25) is 0 Å². The van der Waals surface area contributed by atoms with E-state index >= 15 is 0 Å². The predicted octanol–water partition coefficient (Wildman–Crippen LogP) is 3.31. The van der Waals surface area contributed by atoms with Gasteiger partial charge in [0.05, 0.1) is 0 Å². The second-order valence-corrected chi connectivity index (χ2v) is 4.81. The Labute approximate surface area is 113 Å². The summed E-state index contributed by atoms with van der Waals surface area (Å²) in [5.74, 6) is 0. The second-order valence-electron chi connectivity index (χ2n) is 4.43. The van der Waals surface area contributed by atoms with E-state index in [1.54, 1.807) is 0 Å². The van der Waals surface area contributed by atoms with Gasteiger partial charge in [0.15, 0.2) is 5.65 Å². The van der Waals surface area contributed by atoms with Gasteiger partial charge in [0.25, 0.3) is 0 Å². The molecule has 18 heavy (non-hydrogen) atoms. The highest BCUT2D eigenvalue weighted by Crippen LogP contribution is 2.17. The van der Waals surface area contributed by atoms with Crippen molar-refractivity contribution in [2.45, 2.75) is 26.7 Å². The highest BCUT2D eigenvalue weighted by molar-refractivity contribution is 7.71. The molecular formula is C14H19N3S. The number of rotatable bonds is 4. The van der Waals surface area contributed by atoms with Gasteiger partial charge < -0.3 is 5.01 Å². The number of aromatic nitrogens is 2. The number of fused-ring (bicyclic) bond motifs is 1. The molecule has 0 aliphatic carbocycles. The smallest absolute Gasteiger partial charge is 0.159 e. The van der Waals surface area contributed by atoms with Crippen LogP contribution in [0.5, 0.6) is 0 Å². The van der Waals surface area contributed by atoms with Gasteiger partial charge in [-0.1, -0.05) is 25.6 Å². The molecule has 0 amide bonds. The van der Waals surface area contributed by atoms with Crippen molar-refractivity contribution in [3.05, 3.63) is 34.6 Å². The SMILES string of the molecule is CCCc1cc2cccnc2n(N(C)CC)c1=S. The fraction of sp³-hybridized carbons (Fsp3) is 0.429. The summed E-state index contributed by atoms with van der Waals surface area (Å²) >= 11 is 5.61. The van der Waals surface area contributed by atoms with Crippen LogP contribution in [-0.4, -0.2) is 23.3 Å². The molecule has 2 heterocycles. The third-order valence-electron chi connectivity index (χ3n) is 3.13. The van der Waals surface area contributed by atoms with Crippen molar-refractivity contribution in [2.75, 3.05) is 18.6 Å². The summed E-state index contributed by atoms with van der Waals surface area (Å²) < 4.78 is 2.93. The van der Waals surface area contributed by atoms with Crippen molar-refractivity contribution >= 4 is 23.3 Å². The Balaban J connectivity index is 2.77. The summed E-state index contributed by atoms with van der Waals surface area (Å²) in [6.07, 6.45) is 3.93. The van der Waals surface area contributed by atoms with E-state index in [-0.39, 0.29) is 0 Å². The maximum absolute atomic E-state index is 5.61. The zero-order chi connectivity index (χ0) is 13.1. The lowest BCUT2D eigenvalue weighted by atomic mass is 10.1. The summed E-state index contributed by atoms with van der Waals surface area (Å²) in [7, 11) is 2.04. The van der Waals surface area contributed by atoms with Gasteiger partial charge in [0.1, 0.15) is 4.64 Å². The Kier molecular flexibility index (Phi) is 3.97. The van der Waals surface area contributed by atoms with E-state index in [4.69, 9.17) is 12.2 Å². The molecule has 0 aromatic carbocycles. The van der Waals surface area contributed by atoms with Crippen LogP contribution in [0.3, 0.4) is 0 Å². The van der Waals surface area contributed by atoms with Gasteiger partial charge in [-0.05, 0) is 37.1 Å². The van der Waals surface area contributed by atoms with E-state index in [2.05, 4.69) is 40.6 Å². The molecule has 0 radical (unpaired) electrons. The van der Waals surface area contributed by atoms with Crippen molar-refractivity contribution in [1.82, 2.24) is 9.66 Å². The lowest BCUT2D eigenvalue weighted by molar-refractivity contribution is 0.670. The largest absolute Gasteiger partial charge is 0.313 e. The fourth-order valence-corrected chi connectivity index (χ4v) is 2.47. The second kappa shape index (κ2) is 5.48. The summed E-state index contributed by atoms with van der Waals surface area (Å²) in [6, 6.07) is 6.24. The molecule has 2 rings (SSSR count). The summed E-state index contributed by atoms with van der Waals surface area (Å²) in [5, 5.41) is 3.26. The van der Waals surface area contributed by atoms with Gasteiger partial charge in [-0.15, -0.1) is 0 Å². The van der Waals surface area contributed by atoms with Crippen LogP contribution < -0.4 is 5.01 Å². The molecule has 96 valence electrons. The quantitative estimate of drug-likeness (QED) is 0.788. The van der Waals surface area contributed by atoms with Gasteiger partial charge >= 0.3 is 0 Å². The first-order chi connectivity index (χ1) is 8.69. The Hall–Kier alpha value is -1.42. The molecule has 2 aromatic heterocycles. The van der Waals surface area contributed by atoms with Crippen LogP contribution >= 0.6 is 12.2 Å². The molecule has 3 nitrogen and oxygen atoms in total. The first-order valence-electron chi connectivity index (χ1n) is 6.40. The molecule has 0 saturated heterocycles. The van der Waals surface area contributed by atoms with Crippen molar-refractivity contribution < 1.29 is 0 Å². The molecule has 0 atom stereocenters. The molecule has 4 heteroatoms. The maximum Gasteiger partial charge on any atom is 0.159 e. The molecular weight excluding hydrogens is 242 g/mol. The van der Waals surface area contributed by atoms with Crippen LogP contribution in [0.2, 0.25) is 0 Å². The van der Waals surface area contributed by atoms with Crippen LogP contribution in [0.4, 0.5) is 0 Å². The topological polar surface area (TPSA) is 21.1 Å². The molecule has 0 fully saturated rings. The summed E-state index contributed by atoms with van der Waals surface area (Å²) in [5.41, 5.74) is 2.17. The van der Waals surface area contributed by atoms with E-state index in [1.165, 1.54) is 5.56 Å². The van der Waals surface area contributed by atoms with Crippen LogP contribution in [0.15, 0.2) is 24.4 Å². The third kappa shape index (κ3) is 2.25. The average Bonchev–Trinajstić information content (AvgIpc) is 2.39. The molecule has 0 saturated carbocycles. The van der Waals surface area contributed by atoms with E-state index in [1.807, 2.05) is 19.3 Å². The average molecular weight is 261 g/mol. The zero-order valence-electron chi connectivity index (χ0n) is 11.2. The Morgan fingerprint density at radius 3 is 2.83 bits per heavy atom. The Bertz CT molecular complexity index is 604. The minimum absolute atomic E-state index is 0.882. The third-order valence-corrected chi connectivity index (χ3v) is 3.57. The van der Waals surface area contributed by atoms with Crippen LogP contribution in [-0.2, 0) is 6.42 Å². The molecule has 2 aromatic rings. The van der Waals surface area contributed by atoms with Crippen LogP contribution in [0, 0.1) is 4.64 Å². The molecule has 0 bridgehead atoms. The minimum Gasteiger partial charge on any atom is -0.313 e. The first-order valence-corrected chi connectivity index (χ1v) is 6.81. The summed E-state index contributed by atoms with van der Waals surface area (Å²) in [4.78, 5) is 4.47. The maximum atomic E-state index is 5.61. The van der Waals surface area contributed by atoms with Crippen molar-refractivity contribution in [3.8, 4) is 0 Å². The number of nitrogens with zero attached hydrogens (tertiary/aromatic N) is 3. The molecule has 0 aliphatic rings. The standard InChI is InChI=1S/C14H19N3S/c1-4-7-12-10-11-8-6-9-15-13(11)17(14(12)18)16(3)5-2/h6,8-10H,4-5,7H2,1-3H3. The van der Waals surface area contributed by atoms with E-state index in [9.17, 15) is 0 Å². The van der Waals surface area contributed by atoms with Crippen LogP contribution in [0.25, 0.3) is 11.0 Å². The van der Waals surface area contributed by atoms with Gasteiger partial charge in [-0.3, -0.25) is 0 Å². The van der Waals surface area contributed by atoms with Gasteiger partial charge in [0, 0.05) is 25.2 Å². The highest BCUT2D eigenvalue weighted by atomic mass is 32.1. The highest BCUT2D eigenvalue weighted by Gasteiger charge is 2.09. The van der Waals surface area contributed by atoms with E-state index in [0.29, 0.717) is 0 Å². The number of aryl methyl sites for hydroxylation is 1. The van der Waals surface area contributed by atoms with E-state index < -0.39 is 0 Å². The predicted molar refractivity (Wildman–Crippen MR) is 79.2 cm³/mol. The lowest BCUT2D eigenvalue weighted by Gasteiger charge is -2.23. The van der Waals surface area contributed by atoms with Gasteiger partial charge in [-0.2, -0.15) is 0 Å². The van der Waals surface area contributed by atoms with Gasteiger partial charge in [-0.25, -0.2) is 9.66 Å². The number of pyridine rings is 2. The Morgan fingerprint density at radius 2 is 2.17 bits per heavy atom. The number of hydrogen-bond acceptors (Lipinski definition) is 3. The molecule has 0 unspecified atom stereocenters. The molecule has 0 spiro atoms. The van der Waals surface area contributed by atoms with E-state index in [0.717, 1.165) is 35.1 Å². The number of hydrogen-bond donors (Lipinski definition) is 0. The first kappa shape index (κ1) is 13.0. The zero-order valence-corrected chi connectivity index (χ0v) is 12.0. The molecule has 0 aliphatic heterocycles. The minimum atomic E-state index is 0.882. The fourth-order valence-electron chi connectivity index (χ4n) is 2.09. The van der Waals surface area contributed by atoms with Crippen molar-refractivity contribution in [1.29, 1.82) is 0 Å². The summed E-state index contributed by atoms with van der Waals surface area (Å²) in [6.45, 7) is 5.19. The van der Waals surface area contributed by atoms with Crippen molar-refractivity contribution in [2.24, 2.45) is 0 Å². The normalized spacial score (nSPS) is 10.8. The van der Waals surface area contributed by atoms with Crippen LogP contribution in [0.1, 0.15) is 25.8 Å². The lowest BCUT2D eigenvalue weighted by Crippen LogP contribution is -2.31. The van der Waals surface area contributed by atoms with Crippen molar-refractivity contribution in [3.63, 3.8) is 0 Å².